The van der Waals surface area contributed by atoms with Crippen LogP contribution in [0.3, 0.4) is 0 Å². The third-order valence-electron chi connectivity index (χ3n) is 3.62. The van der Waals surface area contributed by atoms with Crippen molar-refractivity contribution in [3.63, 3.8) is 0 Å². The van der Waals surface area contributed by atoms with Crippen molar-refractivity contribution in [2.24, 2.45) is 0 Å². The second-order valence-electron chi connectivity index (χ2n) is 5.45. The molecule has 0 saturated heterocycles. The fourth-order valence-electron chi connectivity index (χ4n) is 2.48. The summed E-state index contributed by atoms with van der Waals surface area (Å²) in [5.41, 5.74) is 1.21. The van der Waals surface area contributed by atoms with Crippen LogP contribution < -0.4 is 10.1 Å². The summed E-state index contributed by atoms with van der Waals surface area (Å²) in [5, 5.41) is 12.6. The predicted molar refractivity (Wildman–Crippen MR) is 77.3 cm³/mol. The Morgan fingerprint density at radius 3 is 2.79 bits per heavy atom. The topological polar surface area (TPSA) is 41.5 Å². The minimum atomic E-state index is -0.238. The molecule has 0 amide bonds. The second kappa shape index (κ2) is 7.51. The first-order chi connectivity index (χ1) is 9.25. The minimum Gasteiger partial charge on any atom is -0.490 e. The number of aliphatic hydroxyl groups is 1. The smallest absolute Gasteiger partial charge is 0.124 e. The Hall–Kier alpha value is -1.06. The molecular formula is C16H25NO2. The number of aliphatic hydroxyl groups excluding tert-OH is 1. The Bertz CT molecular complexity index is 373. The van der Waals surface area contributed by atoms with E-state index in [0.717, 1.165) is 25.3 Å². The molecule has 0 heterocycles. The van der Waals surface area contributed by atoms with Gasteiger partial charge >= 0.3 is 0 Å². The quantitative estimate of drug-likeness (QED) is 0.743. The highest BCUT2D eigenvalue weighted by atomic mass is 16.5. The van der Waals surface area contributed by atoms with Crippen LogP contribution in [0.1, 0.15) is 44.6 Å². The van der Waals surface area contributed by atoms with E-state index in [2.05, 4.69) is 17.4 Å². The first-order valence-corrected chi connectivity index (χ1v) is 7.39. The molecule has 2 rings (SSSR count). The Kier molecular flexibility index (Phi) is 5.67. The monoisotopic (exact) mass is 263 g/mol. The Labute approximate surface area is 116 Å². The van der Waals surface area contributed by atoms with Gasteiger partial charge in [0.1, 0.15) is 5.75 Å². The van der Waals surface area contributed by atoms with Gasteiger partial charge < -0.3 is 15.2 Å². The van der Waals surface area contributed by atoms with Crippen molar-refractivity contribution in [2.75, 3.05) is 6.54 Å². The van der Waals surface area contributed by atoms with Gasteiger partial charge in [0.2, 0.25) is 0 Å². The van der Waals surface area contributed by atoms with Gasteiger partial charge in [-0.1, -0.05) is 18.2 Å². The summed E-state index contributed by atoms with van der Waals surface area (Å²) >= 11 is 0. The van der Waals surface area contributed by atoms with Gasteiger partial charge in [-0.15, -0.1) is 0 Å². The predicted octanol–water partition coefficient (Wildman–Crippen LogP) is 2.87. The number of hydrogen-bond donors (Lipinski definition) is 2. The molecule has 1 saturated carbocycles. The van der Waals surface area contributed by atoms with E-state index in [4.69, 9.17) is 4.74 Å². The maximum atomic E-state index is 9.23. The molecule has 1 aliphatic rings. The van der Waals surface area contributed by atoms with E-state index in [1.54, 1.807) is 0 Å². The molecule has 0 bridgehead atoms. The van der Waals surface area contributed by atoms with Crippen molar-refractivity contribution >= 4 is 0 Å². The molecule has 0 aromatic heterocycles. The molecule has 3 nitrogen and oxygen atoms in total. The average molecular weight is 263 g/mol. The van der Waals surface area contributed by atoms with Crippen LogP contribution in [-0.4, -0.2) is 23.9 Å². The average Bonchev–Trinajstić information content (AvgIpc) is 2.89. The minimum absolute atomic E-state index is 0.238. The zero-order chi connectivity index (χ0) is 13.5. The van der Waals surface area contributed by atoms with Crippen LogP contribution in [0.5, 0.6) is 5.75 Å². The SMILES string of the molecule is CC(O)CCNCc1ccccc1OC1CCCC1. The van der Waals surface area contributed by atoms with Crippen LogP contribution in [0, 0.1) is 0 Å². The summed E-state index contributed by atoms with van der Waals surface area (Å²) in [6.45, 7) is 3.45. The third-order valence-corrected chi connectivity index (χ3v) is 3.62. The molecule has 1 unspecified atom stereocenters. The highest BCUT2D eigenvalue weighted by molar-refractivity contribution is 5.33. The zero-order valence-corrected chi connectivity index (χ0v) is 11.8. The van der Waals surface area contributed by atoms with Crippen LogP contribution in [-0.2, 0) is 6.54 Å². The lowest BCUT2D eigenvalue weighted by atomic mass is 10.2. The Morgan fingerprint density at radius 2 is 2.05 bits per heavy atom. The normalized spacial score (nSPS) is 17.6. The molecule has 0 radical (unpaired) electrons. The van der Waals surface area contributed by atoms with Gasteiger partial charge in [-0.2, -0.15) is 0 Å². The third kappa shape index (κ3) is 4.84. The molecule has 19 heavy (non-hydrogen) atoms. The molecule has 0 spiro atoms. The summed E-state index contributed by atoms with van der Waals surface area (Å²) < 4.78 is 6.10. The lowest BCUT2D eigenvalue weighted by molar-refractivity contribution is 0.183. The van der Waals surface area contributed by atoms with Gasteiger partial charge in [0.05, 0.1) is 12.2 Å². The largest absolute Gasteiger partial charge is 0.490 e. The first-order valence-electron chi connectivity index (χ1n) is 7.39. The molecule has 1 aliphatic carbocycles. The zero-order valence-electron chi connectivity index (χ0n) is 11.8. The van der Waals surface area contributed by atoms with E-state index in [1.165, 1.54) is 31.2 Å². The van der Waals surface area contributed by atoms with Gasteiger partial charge in [0.15, 0.2) is 0 Å². The lowest BCUT2D eigenvalue weighted by Gasteiger charge is -2.17. The number of para-hydroxylation sites is 1. The Balaban J connectivity index is 1.84. The molecule has 2 N–H and O–H groups in total. The van der Waals surface area contributed by atoms with Crippen molar-refractivity contribution in [2.45, 2.75) is 57.8 Å². The number of nitrogens with one attached hydrogen (secondary N) is 1. The van der Waals surface area contributed by atoms with Crippen LogP contribution in [0.15, 0.2) is 24.3 Å². The Morgan fingerprint density at radius 1 is 1.32 bits per heavy atom. The highest BCUT2D eigenvalue weighted by Crippen LogP contribution is 2.26. The molecule has 1 aromatic carbocycles. The molecule has 0 aliphatic heterocycles. The van der Waals surface area contributed by atoms with Gasteiger partial charge in [-0.25, -0.2) is 0 Å². The first kappa shape index (κ1) is 14.4. The fraction of sp³-hybridized carbons (Fsp3) is 0.625. The molecular weight excluding hydrogens is 238 g/mol. The van der Waals surface area contributed by atoms with E-state index in [1.807, 2.05) is 19.1 Å². The standard InChI is InChI=1S/C16H25NO2/c1-13(18)10-11-17-12-14-6-2-5-9-16(14)19-15-7-3-4-8-15/h2,5-6,9,13,15,17-18H,3-4,7-8,10-12H2,1H3. The molecule has 1 atom stereocenters. The van der Waals surface area contributed by atoms with Crippen LogP contribution >= 0.6 is 0 Å². The summed E-state index contributed by atoms with van der Waals surface area (Å²) in [5.74, 6) is 1.01. The number of rotatable bonds is 7. The van der Waals surface area contributed by atoms with E-state index in [9.17, 15) is 5.11 Å². The maximum Gasteiger partial charge on any atom is 0.124 e. The van der Waals surface area contributed by atoms with Gasteiger partial charge in [0, 0.05) is 12.1 Å². The van der Waals surface area contributed by atoms with Gasteiger partial charge in [-0.3, -0.25) is 0 Å². The number of ether oxygens (including phenoxy) is 1. The second-order valence-corrected chi connectivity index (χ2v) is 5.45. The summed E-state index contributed by atoms with van der Waals surface area (Å²) in [6.07, 6.45) is 5.90. The molecule has 3 heteroatoms. The molecule has 1 aromatic rings. The summed E-state index contributed by atoms with van der Waals surface area (Å²) in [4.78, 5) is 0. The number of benzene rings is 1. The lowest BCUT2D eigenvalue weighted by Crippen LogP contribution is -2.20. The fourth-order valence-corrected chi connectivity index (χ4v) is 2.48. The summed E-state index contributed by atoms with van der Waals surface area (Å²) in [6, 6.07) is 8.25. The van der Waals surface area contributed by atoms with E-state index >= 15 is 0 Å². The maximum absolute atomic E-state index is 9.23. The van der Waals surface area contributed by atoms with Crippen molar-refractivity contribution in [3.8, 4) is 5.75 Å². The van der Waals surface area contributed by atoms with E-state index in [0.29, 0.717) is 6.10 Å². The van der Waals surface area contributed by atoms with Gasteiger partial charge in [0.25, 0.3) is 0 Å². The van der Waals surface area contributed by atoms with Crippen molar-refractivity contribution in [1.29, 1.82) is 0 Å². The van der Waals surface area contributed by atoms with E-state index < -0.39 is 0 Å². The highest BCUT2D eigenvalue weighted by Gasteiger charge is 2.17. The number of hydrogen-bond acceptors (Lipinski definition) is 3. The summed E-state index contributed by atoms with van der Waals surface area (Å²) in [7, 11) is 0. The van der Waals surface area contributed by atoms with Crippen molar-refractivity contribution in [1.82, 2.24) is 5.32 Å². The van der Waals surface area contributed by atoms with Crippen LogP contribution in [0.25, 0.3) is 0 Å². The van der Waals surface area contributed by atoms with Gasteiger partial charge in [-0.05, 0) is 51.6 Å². The molecule has 106 valence electrons. The van der Waals surface area contributed by atoms with Crippen molar-refractivity contribution in [3.05, 3.63) is 29.8 Å². The molecule has 1 fully saturated rings. The van der Waals surface area contributed by atoms with Crippen LogP contribution in [0.2, 0.25) is 0 Å². The van der Waals surface area contributed by atoms with Crippen molar-refractivity contribution < 1.29 is 9.84 Å². The van der Waals surface area contributed by atoms with Crippen LogP contribution in [0.4, 0.5) is 0 Å². The van der Waals surface area contributed by atoms with E-state index in [-0.39, 0.29) is 6.10 Å².